The molecule has 2 aromatic rings. The fourth-order valence-corrected chi connectivity index (χ4v) is 2.88. The molecule has 0 saturated heterocycles. The van der Waals surface area contributed by atoms with Gasteiger partial charge in [0.2, 0.25) is 0 Å². The summed E-state index contributed by atoms with van der Waals surface area (Å²) in [7, 11) is 0. The molecule has 2 rings (SSSR count). The van der Waals surface area contributed by atoms with E-state index in [0.717, 1.165) is 11.1 Å². The molecule has 0 saturated carbocycles. The Balaban J connectivity index is 2.11. The van der Waals surface area contributed by atoms with Crippen molar-refractivity contribution in [2.45, 2.75) is 13.0 Å². The van der Waals surface area contributed by atoms with Crippen molar-refractivity contribution in [2.24, 2.45) is 5.73 Å². The Morgan fingerprint density at radius 3 is 2.95 bits per heavy atom. The first-order valence-corrected chi connectivity index (χ1v) is 7.70. The lowest BCUT2D eigenvalue weighted by Gasteiger charge is -2.14. The molecule has 0 bridgehead atoms. The van der Waals surface area contributed by atoms with E-state index in [-0.39, 0.29) is 11.9 Å². The Labute approximate surface area is 133 Å². The number of thiophene rings is 1. The fourth-order valence-electron chi connectivity index (χ4n) is 1.84. The number of carbonyl (C=O) groups excluding carboxylic acids is 1. The van der Waals surface area contributed by atoms with Crippen LogP contribution in [0.5, 0.6) is 0 Å². The summed E-state index contributed by atoms with van der Waals surface area (Å²) in [6.45, 7) is 2.25. The van der Waals surface area contributed by atoms with E-state index in [1.807, 2.05) is 31.2 Å². The Hall–Kier alpha value is -1.80. The molecule has 0 spiro atoms. The predicted octanol–water partition coefficient (Wildman–Crippen LogP) is 3.20. The average Bonchev–Trinajstić information content (AvgIpc) is 2.91. The standard InChI is InChI=1S/C16H15ClN2OS/c1-11(19-16(20)15-14(17)7-9-21-15)13-6-2-4-12(10-13)5-3-8-18/h2,4,6-7,9-11H,8,18H2,1H3,(H,19,20). The maximum Gasteiger partial charge on any atom is 0.263 e. The van der Waals surface area contributed by atoms with Crippen molar-refractivity contribution in [3.8, 4) is 11.8 Å². The van der Waals surface area contributed by atoms with Gasteiger partial charge in [-0.2, -0.15) is 0 Å². The first-order chi connectivity index (χ1) is 10.1. The number of halogens is 1. The Bertz CT molecular complexity index is 700. The summed E-state index contributed by atoms with van der Waals surface area (Å²) >= 11 is 7.29. The number of nitrogens with one attached hydrogen (secondary N) is 1. The summed E-state index contributed by atoms with van der Waals surface area (Å²) in [6, 6.07) is 9.32. The molecule has 1 aromatic heterocycles. The molecule has 21 heavy (non-hydrogen) atoms. The van der Waals surface area contributed by atoms with Crippen LogP contribution < -0.4 is 11.1 Å². The van der Waals surface area contributed by atoms with Gasteiger partial charge in [-0.1, -0.05) is 35.6 Å². The van der Waals surface area contributed by atoms with Gasteiger partial charge in [-0.15, -0.1) is 11.3 Å². The first-order valence-electron chi connectivity index (χ1n) is 6.44. The van der Waals surface area contributed by atoms with Crippen molar-refractivity contribution in [2.75, 3.05) is 6.54 Å². The van der Waals surface area contributed by atoms with Crippen molar-refractivity contribution < 1.29 is 4.79 Å². The van der Waals surface area contributed by atoms with Crippen molar-refractivity contribution in [3.05, 3.63) is 56.7 Å². The summed E-state index contributed by atoms with van der Waals surface area (Å²) in [5.41, 5.74) is 7.24. The Morgan fingerprint density at radius 2 is 2.29 bits per heavy atom. The monoisotopic (exact) mass is 318 g/mol. The zero-order valence-corrected chi connectivity index (χ0v) is 13.1. The molecule has 0 radical (unpaired) electrons. The largest absolute Gasteiger partial charge is 0.345 e. The molecule has 3 N–H and O–H groups in total. The molecule has 0 aliphatic rings. The summed E-state index contributed by atoms with van der Waals surface area (Å²) in [5.74, 6) is 5.63. The van der Waals surface area contributed by atoms with E-state index in [2.05, 4.69) is 17.2 Å². The van der Waals surface area contributed by atoms with Crippen LogP contribution in [0.4, 0.5) is 0 Å². The van der Waals surface area contributed by atoms with Gasteiger partial charge in [0.05, 0.1) is 17.6 Å². The number of benzene rings is 1. The highest BCUT2D eigenvalue weighted by molar-refractivity contribution is 7.12. The summed E-state index contributed by atoms with van der Waals surface area (Å²) in [4.78, 5) is 12.7. The zero-order chi connectivity index (χ0) is 15.2. The second-order valence-electron chi connectivity index (χ2n) is 4.42. The van der Waals surface area contributed by atoms with E-state index in [4.69, 9.17) is 17.3 Å². The van der Waals surface area contributed by atoms with Gasteiger partial charge in [0.25, 0.3) is 5.91 Å². The molecule has 5 heteroatoms. The van der Waals surface area contributed by atoms with Crippen LogP contribution in [-0.4, -0.2) is 12.5 Å². The third-order valence-corrected chi connectivity index (χ3v) is 4.23. The maximum atomic E-state index is 12.1. The lowest BCUT2D eigenvalue weighted by atomic mass is 10.1. The van der Waals surface area contributed by atoms with Crippen LogP contribution in [0.15, 0.2) is 35.7 Å². The minimum atomic E-state index is -0.166. The number of rotatable bonds is 3. The molecule has 0 aliphatic heterocycles. The van der Waals surface area contributed by atoms with Crippen LogP contribution in [-0.2, 0) is 0 Å². The second-order valence-corrected chi connectivity index (χ2v) is 5.75. The van der Waals surface area contributed by atoms with Crippen LogP contribution in [0.1, 0.15) is 33.8 Å². The smallest absolute Gasteiger partial charge is 0.263 e. The molecule has 1 atom stereocenters. The predicted molar refractivity (Wildman–Crippen MR) is 87.6 cm³/mol. The minimum absolute atomic E-state index is 0.129. The van der Waals surface area contributed by atoms with Crippen molar-refractivity contribution in [1.82, 2.24) is 5.32 Å². The van der Waals surface area contributed by atoms with Crippen molar-refractivity contribution in [1.29, 1.82) is 0 Å². The normalized spacial score (nSPS) is 11.4. The van der Waals surface area contributed by atoms with Gasteiger partial charge in [0.15, 0.2) is 0 Å². The highest BCUT2D eigenvalue weighted by Crippen LogP contribution is 2.23. The van der Waals surface area contributed by atoms with Gasteiger partial charge in [0, 0.05) is 5.56 Å². The van der Waals surface area contributed by atoms with Gasteiger partial charge in [-0.3, -0.25) is 4.79 Å². The molecule has 1 aromatic carbocycles. The summed E-state index contributed by atoms with van der Waals surface area (Å²) < 4.78 is 0. The lowest BCUT2D eigenvalue weighted by molar-refractivity contribution is 0.0944. The van der Waals surface area contributed by atoms with Crippen molar-refractivity contribution in [3.63, 3.8) is 0 Å². The Morgan fingerprint density at radius 1 is 1.48 bits per heavy atom. The average molecular weight is 319 g/mol. The molecule has 1 unspecified atom stereocenters. The van der Waals surface area contributed by atoms with Gasteiger partial charge in [-0.25, -0.2) is 0 Å². The van der Waals surface area contributed by atoms with Crippen LogP contribution in [0.25, 0.3) is 0 Å². The molecule has 108 valence electrons. The summed E-state index contributed by atoms with van der Waals surface area (Å²) in [6.07, 6.45) is 0. The van der Waals surface area contributed by atoms with E-state index >= 15 is 0 Å². The van der Waals surface area contributed by atoms with Crippen LogP contribution >= 0.6 is 22.9 Å². The molecule has 0 aliphatic carbocycles. The molecule has 0 fully saturated rings. The van der Waals surface area contributed by atoms with E-state index in [1.165, 1.54) is 11.3 Å². The highest BCUT2D eigenvalue weighted by Gasteiger charge is 2.15. The molecule has 1 heterocycles. The van der Waals surface area contributed by atoms with Gasteiger partial charge in [-0.05, 0) is 36.1 Å². The zero-order valence-electron chi connectivity index (χ0n) is 11.5. The third-order valence-electron chi connectivity index (χ3n) is 2.89. The number of hydrogen-bond acceptors (Lipinski definition) is 3. The van der Waals surface area contributed by atoms with Gasteiger partial charge < -0.3 is 11.1 Å². The van der Waals surface area contributed by atoms with Gasteiger partial charge >= 0.3 is 0 Å². The fraction of sp³-hybridized carbons (Fsp3) is 0.188. The number of hydrogen-bond donors (Lipinski definition) is 2. The molecule has 1 amide bonds. The Kier molecular flexibility index (Phi) is 5.40. The van der Waals surface area contributed by atoms with Crippen LogP contribution in [0, 0.1) is 11.8 Å². The van der Waals surface area contributed by atoms with E-state index < -0.39 is 0 Å². The summed E-state index contributed by atoms with van der Waals surface area (Å²) in [5, 5.41) is 5.21. The van der Waals surface area contributed by atoms with Crippen LogP contribution in [0.2, 0.25) is 5.02 Å². The quantitative estimate of drug-likeness (QED) is 0.854. The second kappa shape index (κ2) is 7.28. The van der Waals surface area contributed by atoms with E-state index in [9.17, 15) is 4.79 Å². The van der Waals surface area contributed by atoms with E-state index in [1.54, 1.807) is 11.4 Å². The minimum Gasteiger partial charge on any atom is -0.345 e. The lowest BCUT2D eigenvalue weighted by Crippen LogP contribution is -2.26. The SMILES string of the molecule is CC(NC(=O)c1sccc1Cl)c1cccc(C#CCN)c1. The van der Waals surface area contributed by atoms with Gasteiger partial charge in [0.1, 0.15) is 4.88 Å². The maximum absolute atomic E-state index is 12.1. The molecule has 3 nitrogen and oxygen atoms in total. The molecular formula is C16H15ClN2OS. The van der Waals surface area contributed by atoms with Crippen molar-refractivity contribution >= 4 is 28.8 Å². The number of amides is 1. The van der Waals surface area contributed by atoms with Crippen LogP contribution in [0.3, 0.4) is 0 Å². The topological polar surface area (TPSA) is 55.1 Å². The highest BCUT2D eigenvalue weighted by atomic mass is 35.5. The molecular weight excluding hydrogens is 304 g/mol. The number of nitrogens with two attached hydrogens (primary N) is 1. The first kappa shape index (κ1) is 15.6. The van der Waals surface area contributed by atoms with E-state index in [0.29, 0.717) is 16.4 Å². The third kappa shape index (κ3) is 4.08. The number of carbonyl (C=O) groups is 1.